The number of hydrogen-bond acceptors (Lipinski definition) is 7. The molecule has 41 heavy (non-hydrogen) atoms. The first-order chi connectivity index (χ1) is 19.6. The second-order valence-electron chi connectivity index (χ2n) is 10.5. The van der Waals surface area contributed by atoms with E-state index < -0.39 is 15.9 Å². The Morgan fingerprint density at radius 3 is 2.37 bits per heavy atom. The topological polar surface area (TPSA) is 169 Å². The SMILES string of the molecule is CCCN(CCC)S(=O)(=O)c1ccc(C(=O)Nc2nc(NC3CCCCC3N=C(N)N)c3cc(C)ccc3n2)cc1. The van der Waals surface area contributed by atoms with Gasteiger partial charge in [-0.1, -0.05) is 38.3 Å². The Hall–Kier alpha value is -3.77. The van der Waals surface area contributed by atoms with E-state index in [9.17, 15) is 13.2 Å². The van der Waals surface area contributed by atoms with Crippen molar-refractivity contribution in [1.82, 2.24) is 14.3 Å². The number of carbonyl (C=O) groups excluding carboxylic acids is 1. The lowest BCUT2D eigenvalue weighted by Gasteiger charge is -2.30. The highest BCUT2D eigenvalue weighted by molar-refractivity contribution is 7.89. The molecule has 1 aliphatic rings. The summed E-state index contributed by atoms with van der Waals surface area (Å²) < 4.78 is 27.7. The molecule has 4 rings (SSSR count). The summed E-state index contributed by atoms with van der Waals surface area (Å²) in [4.78, 5) is 27.0. The molecule has 0 aliphatic heterocycles. The smallest absolute Gasteiger partial charge is 0.258 e. The number of aryl methyl sites for hydroxylation is 1. The predicted molar refractivity (Wildman–Crippen MR) is 163 cm³/mol. The van der Waals surface area contributed by atoms with E-state index in [-0.39, 0.29) is 28.9 Å². The van der Waals surface area contributed by atoms with Crippen molar-refractivity contribution < 1.29 is 13.2 Å². The summed E-state index contributed by atoms with van der Waals surface area (Å²) in [6.07, 6.45) is 5.26. The van der Waals surface area contributed by atoms with Gasteiger partial charge in [0.1, 0.15) is 5.82 Å². The molecule has 12 heteroatoms. The van der Waals surface area contributed by atoms with Gasteiger partial charge in [0.25, 0.3) is 5.91 Å². The number of carbonyl (C=O) groups is 1. The summed E-state index contributed by atoms with van der Waals surface area (Å²) in [6.45, 7) is 6.78. The Morgan fingerprint density at radius 1 is 1.02 bits per heavy atom. The Bertz CT molecular complexity index is 1500. The van der Waals surface area contributed by atoms with Crippen molar-refractivity contribution in [3.05, 3.63) is 53.6 Å². The molecule has 6 N–H and O–H groups in total. The van der Waals surface area contributed by atoms with Crippen LogP contribution >= 0.6 is 0 Å². The average molecular weight is 581 g/mol. The lowest BCUT2D eigenvalue weighted by Crippen LogP contribution is -2.38. The number of aromatic nitrogens is 2. The van der Waals surface area contributed by atoms with Gasteiger partial charge in [-0.3, -0.25) is 10.1 Å². The molecule has 1 heterocycles. The lowest BCUT2D eigenvalue weighted by atomic mass is 9.90. The number of aliphatic imine (C=N–C) groups is 1. The molecule has 0 saturated heterocycles. The predicted octanol–water partition coefficient (Wildman–Crippen LogP) is 4.00. The maximum absolute atomic E-state index is 13.2. The van der Waals surface area contributed by atoms with Crippen LogP contribution in [0.5, 0.6) is 0 Å². The second-order valence-corrected chi connectivity index (χ2v) is 12.4. The van der Waals surface area contributed by atoms with Crippen molar-refractivity contribution in [2.45, 2.75) is 76.3 Å². The second kappa shape index (κ2) is 13.3. The third-order valence-electron chi connectivity index (χ3n) is 7.14. The maximum Gasteiger partial charge on any atom is 0.258 e. The van der Waals surface area contributed by atoms with Crippen LogP contribution in [0.4, 0.5) is 11.8 Å². The molecule has 0 radical (unpaired) electrons. The molecule has 1 fully saturated rings. The highest BCUT2D eigenvalue weighted by atomic mass is 32.2. The molecule has 1 aromatic heterocycles. The van der Waals surface area contributed by atoms with Crippen LogP contribution in [0, 0.1) is 6.92 Å². The number of amides is 1. The Morgan fingerprint density at radius 2 is 1.71 bits per heavy atom. The molecule has 0 spiro atoms. The molecule has 1 saturated carbocycles. The van der Waals surface area contributed by atoms with Crippen LogP contribution in [0.25, 0.3) is 10.9 Å². The van der Waals surface area contributed by atoms with E-state index in [1.54, 1.807) is 0 Å². The maximum atomic E-state index is 13.2. The molecule has 220 valence electrons. The highest BCUT2D eigenvalue weighted by Crippen LogP contribution is 2.29. The van der Waals surface area contributed by atoms with E-state index in [0.29, 0.717) is 30.0 Å². The molecule has 2 aromatic carbocycles. The Balaban J connectivity index is 1.59. The fourth-order valence-corrected chi connectivity index (χ4v) is 6.79. The number of hydrogen-bond donors (Lipinski definition) is 4. The number of rotatable bonds is 11. The van der Waals surface area contributed by atoms with Crippen LogP contribution in [0.15, 0.2) is 52.4 Å². The lowest BCUT2D eigenvalue weighted by molar-refractivity contribution is 0.102. The van der Waals surface area contributed by atoms with Gasteiger partial charge < -0.3 is 16.8 Å². The van der Waals surface area contributed by atoms with Gasteiger partial charge >= 0.3 is 0 Å². The molecule has 3 aromatic rings. The van der Waals surface area contributed by atoms with Crippen molar-refractivity contribution in [2.24, 2.45) is 16.5 Å². The summed E-state index contributed by atoms with van der Waals surface area (Å²) >= 11 is 0. The van der Waals surface area contributed by atoms with Crippen LogP contribution in [0.1, 0.15) is 68.3 Å². The summed E-state index contributed by atoms with van der Waals surface area (Å²) in [5.41, 5.74) is 13.4. The van der Waals surface area contributed by atoms with E-state index in [1.165, 1.54) is 28.6 Å². The first kappa shape index (κ1) is 30.2. The normalized spacial score (nSPS) is 17.4. The van der Waals surface area contributed by atoms with Crippen molar-refractivity contribution in [1.29, 1.82) is 0 Å². The Kier molecular flexibility index (Phi) is 9.77. The number of benzene rings is 2. The first-order valence-electron chi connectivity index (χ1n) is 14.2. The van der Waals surface area contributed by atoms with Gasteiger partial charge in [0.05, 0.1) is 22.5 Å². The number of sulfonamides is 1. The zero-order valence-corrected chi connectivity index (χ0v) is 24.7. The minimum Gasteiger partial charge on any atom is -0.370 e. The van der Waals surface area contributed by atoms with Crippen molar-refractivity contribution in [3.8, 4) is 0 Å². The molecule has 0 bridgehead atoms. The number of anilines is 2. The molecular formula is C29H40N8O3S. The van der Waals surface area contributed by atoms with Gasteiger partial charge in [-0.25, -0.2) is 18.4 Å². The Labute approximate surface area is 241 Å². The molecule has 11 nitrogen and oxygen atoms in total. The molecular weight excluding hydrogens is 540 g/mol. The van der Waals surface area contributed by atoms with E-state index >= 15 is 0 Å². The average Bonchev–Trinajstić information content (AvgIpc) is 2.94. The standard InChI is InChI=1S/C29H40N8O3S/c1-4-16-37(17-5-2)41(39,40)21-13-11-20(12-14-21)27(38)36-29-34-23-15-10-19(3)18-22(23)26(35-29)32-24-8-6-7-9-25(24)33-28(30)31/h10-15,18,24-25H,4-9,16-17H2,1-3H3,(H4,30,31,33)(H2,32,34,35,36,38). The summed E-state index contributed by atoms with van der Waals surface area (Å²) in [7, 11) is -3.64. The van der Waals surface area contributed by atoms with Crippen LogP contribution in [0.3, 0.4) is 0 Å². The number of nitrogens with one attached hydrogen (secondary N) is 2. The summed E-state index contributed by atoms with van der Waals surface area (Å²) in [5, 5.41) is 7.13. The minimum absolute atomic E-state index is 0.0255. The number of fused-ring (bicyclic) bond motifs is 1. The minimum atomic E-state index is -3.64. The number of nitrogens with two attached hydrogens (primary N) is 2. The van der Waals surface area contributed by atoms with E-state index in [4.69, 9.17) is 11.5 Å². The third kappa shape index (κ3) is 7.31. The third-order valence-corrected chi connectivity index (χ3v) is 9.06. The van der Waals surface area contributed by atoms with E-state index in [2.05, 4.69) is 25.6 Å². The number of nitrogens with zero attached hydrogens (tertiary/aromatic N) is 4. The summed E-state index contributed by atoms with van der Waals surface area (Å²) in [5.74, 6) is 0.338. The van der Waals surface area contributed by atoms with Gasteiger partial charge in [-0.2, -0.15) is 9.29 Å². The monoisotopic (exact) mass is 580 g/mol. The number of guanidine groups is 1. The zero-order valence-electron chi connectivity index (χ0n) is 23.9. The molecule has 2 atom stereocenters. The van der Waals surface area contributed by atoms with Gasteiger partial charge in [-0.15, -0.1) is 0 Å². The fourth-order valence-electron chi connectivity index (χ4n) is 5.16. The van der Waals surface area contributed by atoms with Crippen LogP contribution in [-0.2, 0) is 10.0 Å². The quantitative estimate of drug-likeness (QED) is 0.195. The highest BCUT2D eigenvalue weighted by Gasteiger charge is 2.27. The van der Waals surface area contributed by atoms with Gasteiger partial charge in [0.2, 0.25) is 16.0 Å². The van der Waals surface area contributed by atoms with Crippen LogP contribution < -0.4 is 22.1 Å². The fraction of sp³-hybridized carbons (Fsp3) is 0.448. The van der Waals surface area contributed by atoms with Crippen LogP contribution in [-0.4, -0.2) is 59.7 Å². The van der Waals surface area contributed by atoms with Crippen molar-refractivity contribution >= 4 is 44.6 Å². The first-order valence-corrected chi connectivity index (χ1v) is 15.6. The van der Waals surface area contributed by atoms with Gasteiger partial charge in [0.15, 0.2) is 5.96 Å². The molecule has 1 amide bonds. The molecule has 1 aliphatic carbocycles. The van der Waals surface area contributed by atoms with E-state index in [0.717, 1.165) is 49.5 Å². The zero-order chi connectivity index (χ0) is 29.6. The van der Waals surface area contributed by atoms with E-state index in [1.807, 2.05) is 39.0 Å². The summed E-state index contributed by atoms with van der Waals surface area (Å²) in [6, 6.07) is 11.7. The van der Waals surface area contributed by atoms with Crippen molar-refractivity contribution in [2.75, 3.05) is 23.7 Å². The largest absolute Gasteiger partial charge is 0.370 e. The molecule has 2 unspecified atom stereocenters. The van der Waals surface area contributed by atoms with Crippen LogP contribution in [0.2, 0.25) is 0 Å². The van der Waals surface area contributed by atoms with Gasteiger partial charge in [-0.05, 0) is 69.0 Å². The van der Waals surface area contributed by atoms with Crippen molar-refractivity contribution in [3.63, 3.8) is 0 Å². The van der Waals surface area contributed by atoms with Gasteiger partial charge in [0, 0.05) is 24.0 Å².